The summed E-state index contributed by atoms with van der Waals surface area (Å²) in [5.74, 6) is 0. The summed E-state index contributed by atoms with van der Waals surface area (Å²) in [6.45, 7) is 4.22. The van der Waals surface area contributed by atoms with Crippen molar-refractivity contribution in [3.8, 4) is 0 Å². The van der Waals surface area contributed by atoms with Crippen molar-refractivity contribution in [2.75, 3.05) is 0 Å². The van der Waals surface area contributed by atoms with E-state index in [1.165, 1.54) is 0 Å². The third-order valence-electron chi connectivity index (χ3n) is 2.71. The Morgan fingerprint density at radius 3 is 2.33 bits per heavy atom. The summed E-state index contributed by atoms with van der Waals surface area (Å²) in [6.07, 6.45) is 6.35. The molecule has 0 atom stereocenters. The minimum atomic E-state index is -0.558. The van der Waals surface area contributed by atoms with Crippen molar-refractivity contribution in [3.63, 3.8) is 0 Å². The van der Waals surface area contributed by atoms with E-state index in [9.17, 15) is 5.11 Å². The Hall–Kier alpha value is -0.830. The van der Waals surface area contributed by atoms with Crippen LogP contribution >= 0.6 is 0 Å². The van der Waals surface area contributed by atoms with E-state index in [2.05, 4.69) is 18.9 Å². The van der Waals surface area contributed by atoms with Gasteiger partial charge in [-0.2, -0.15) is 5.10 Å². The van der Waals surface area contributed by atoms with Gasteiger partial charge in [-0.05, 0) is 18.9 Å². The molecule has 0 spiro atoms. The largest absolute Gasteiger partial charge is 0.389 e. The average molecular weight is 210 g/mol. The molecule has 0 aliphatic rings. The first kappa shape index (κ1) is 12.2. The van der Waals surface area contributed by atoms with E-state index >= 15 is 0 Å². The average Bonchev–Trinajstić information content (AvgIpc) is 2.51. The Balaban J connectivity index is 2.65. The van der Waals surface area contributed by atoms with Crippen LogP contribution in [-0.2, 0) is 13.5 Å². The van der Waals surface area contributed by atoms with Crippen molar-refractivity contribution in [1.82, 2.24) is 9.78 Å². The second kappa shape index (κ2) is 5.31. The summed E-state index contributed by atoms with van der Waals surface area (Å²) >= 11 is 0. The summed E-state index contributed by atoms with van der Waals surface area (Å²) in [5.41, 5.74) is 0.430. The molecule has 0 aliphatic carbocycles. The van der Waals surface area contributed by atoms with Crippen LogP contribution in [-0.4, -0.2) is 20.5 Å². The molecule has 1 rings (SSSR count). The smallest absolute Gasteiger partial charge is 0.0703 e. The molecule has 0 radical (unpaired) electrons. The number of hydrogen-bond acceptors (Lipinski definition) is 2. The first-order valence-corrected chi connectivity index (χ1v) is 5.80. The van der Waals surface area contributed by atoms with Crippen molar-refractivity contribution in [2.24, 2.45) is 7.05 Å². The molecule has 0 bridgehead atoms. The van der Waals surface area contributed by atoms with E-state index in [1.807, 2.05) is 19.3 Å². The summed E-state index contributed by atoms with van der Waals surface area (Å²) in [5, 5.41) is 14.7. The lowest BCUT2D eigenvalue weighted by molar-refractivity contribution is 0.0206. The van der Waals surface area contributed by atoms with Gasteiger partial charge >= 0.3 is 0 Å². The van der Waals surface area contributed by atoms with Crippen molar-refractivity contribution in [3.05, 3.63) is 18.0 Å². The highest BCUT2D eigenvalue weighted by Gasteiger charge is 2.25. The number of aliphatic hydroxyl groups is 1. The Bertz CT molecular complexity index is 288. The summed E-state index contributed by atoms with van der Waals surface area (Å²) in [7, 11) is 1.90. The summed E-state index contributed by atoms with van der Waals surface area (Å²) in [6, 6.07) is 1.98. The molecule has 1 N–H and O–H groups in total. The van der Waals surface area contributed by atoms with Crippen LogP contribution in [0.15, 0.2) is 12.3 Å². The van der Waals surface area contributed by atoms with Crippen molar-refractivity contribution in [2.45, 2.75) is 51.6 Å². The fourth-order valence-electron chi connectivity index (χ4n) is 2.13. The molecular formula is C12H22N2O. The summed E-state index contributed by atoms with van der Waals surface area (Å²) < 4.78 is 1.79. The van der Waals surface area contributed by atoms with Crippen LogP contribution < -0.4 is 0 Å². The molecule has 0 saturated carbocycles. The molecule has 15 heavy (non-hydrogen) atoms. The lowest BCUT2D eigenvalue weighted by Gasteiger charge is -2.26. The number of aryl methyl sites for hydroxylation is 1. The molecule has 0 aliphatic heterocycles. The molecule has 1 heterocycles. The molecule has 0 amide bonds. The zero-order chi connectivity index (χ0) is 11.3. The summed E-state index contributed by atoms with van der Waals surface area (Å²) in [4.78, 5) is 0. The zero-order valence-electron chi connectivity index (χ0n) is 10.0. The fourth-order valence-corrected chi connectivity index (χ4v) is 2.13. The van der Waals surface area contributed by atoms with E-state index in [0.29, 0.717) is 6.42 Å². The molecular weight excluding hydrogens is 188 g/mol. The van der Waals surface area contributed by atoms with Crippen LogP contribution in [0.25, 0.3) is 0 Å². The van der Waals surface area contributed by atoms with Gasteiger partial charge in [-0.3, -0.25) is 4.68 Å². The van der Waals surface area contributed by atoms with Crippen LogP contribution in [0.5, 0.6) is 0 Å². The maximum Gasteiger partial charge on any atom is 0.0703 e. The van der Waals surface area contributed by atoms with Gasteiger partial charge in [0.1, 0.15) is 0 Å². The maximum absolute atomic E-state index is 10.4. The van der Waals surface area contributed by atoms with E-state index < -0.39 is 5.60 Å². The van der Waals surface area contributed by atoms with E-state index in [4.69, 9.17) is 0 Å². The number of nitrogens with zero attached hydrogens (tertiary/aromatic N) is 2. The molecule has 0 fully saturated rings. The highest BCUT2D eigenvalue weighted by Crippen LogP contribution is 2.23. The monoisotopic (exact) mass is 210 g/mol. The SMILES string of the molecule is CCCC(O)(CCC)Cc1ccn(C)n1. The third kappa shape index (κ3) is 3.67. The highest BCUT2D eigenvalue weighted by atomic mass is 16.3. The first-order valence-electron chi connectivity index (χ1n) is 5.80. The van der Waals surface area contributed by atoms with Crippen LogP contribution in [0.1, 0.15) is 45.2 Å². The van der Waals surface area contributed by atoms with E-state index in [0.717, 1.165) is 31.4 Å². The van der Waals surface area contributed by atoms with Gasteiger partial charge in [0.25, 0.3) is 0 Å². The van der Waals surface area contributed by atoms with Gasteiger partial charge in [0.05, 0.1) is 11.3 Å². The number of rotatable bonds is 6. The lowest BCUT2D eigenvalue weighted by atomic mass is 9.88. The minimum Gasteiger partial charge on any atom is -0.389 e. The predicted molar refractivity (Wildman–Crippen MR) is 61.7 cm³/mol. The second-order valence-electron chi connectivity index (χ2n) is 4.38. The Labute approximate surface area is 92.1 Å². The molecule has 0 unspecified atom stereocenters. The van der Waals surface area contributed by atoms with Gasteiger partial charge in [-0.25, -0.2) is 0 Å². The van der Waals surface area contributed by atoms with Gasteiger partial charge in [0.15, 0.2) is 0 Å². The molecule has 0 aromatic carbocycles. The number of aromatic nitrogens is 2. The Morgan fingerprint density at radius 1 is 1.33 bits per heavy atom. The third-order valence-corrected chi connectivity index (χ3v) is 2.71. The van der Waals surface area contributed by atoms with E-state index in [1.54, 1.807) is 4.68 Å². The van der Waals surface area contributed by atoms with Gasteiger partial charge < -0.3 is 5.11 Å². The van der Waals surface area contributed by atoms with Crippen LogP contribution in [0.4, 0.5) is 0 Å². The number of hydrogen-bond donors (Lipinski definition) is 1. The van der Waals surface area contributed by atoms with Gasteiger partial charge in [0, 0.05) is 19.7 Å². The first-order chi connectivity index (χ1) is 7.09. The molecule has 1 aromatic rings. The molecule has 1 aromatic heterocycles. The molecule has 3 nitrogen and oxygen atoms in total. The molecule has 3 heteroatoms. The second-order valence-corrected chi connectivity index (χ2v) is 4.38. The van der Waals surface area contributed by atoms with E-state index in [-0.39, 0.29) is 0 Å². The molecule has 0 saturated heterocycles. The fraction of sp³-hybridized carbons (Fsp3) is 0.750. The van der Waals surface area contributed by atoms with Crippen molar-refractivity contribution >= 4 is 0 Å². The zero-order valence-corrected chi connectivity index (χ0v) is 10.0. The van der Waals surface area contributed by atoms with Gasteiger partial charge in [-0.15, -0.1) is 0 Å². The Morgan fingerprint density at radius 2 is 1.93 bits per heavy atom. The topological polar surface area (TPSA) is 38.0 Å². The molecule has 86 valence electrons. The maximum atomic E-state index is 10.4. The predicted octanol–water partition coefficient (Wildman–Crippen LogP) is 2.29. The van der Waals surface area contributed by atoms with Gasteiger partial charge in [-0.1, -0.05) is 26.7 Å². The van der Waals surface area contributed by atoms with Crippen LogP contribution in [0.2, 0.25) is 0 Å². The van der Waals surface area contributed by atoms with Crippen LogP contribution in [0.3, 0.4) is 0 Å². The Kier molecular flexibility index (Phi) is 4.33. The quantitative estimate of drug-likeness (QED) is 0.782. The van der Waals surface area contributed by atoms with Crippen molar-refractivity contribution in [1.29, 1.82) is 0 Å². The normalized spacial score (nSPS) is 12.0. The van der Waals surface area contributed by atoms with Crippen molar-refractivity contribution < 1.29 is 5.11 Å². The highest BCUT2D eigenvalue weighted by molar-refractivity contribution is 5.03. The van der Waals surface area contributed by atoms with Gasteiger partial charge in [0.2, 0.25) is 0 Å². The van der Waals surface area contributed by atoms with Crippen LogP contribution in [0, 0.1) is 0 Å². The lowest BCUT2D eigenvalue weighted by Crippen LogP contribution is -2.31. The standard InChI is InChI=1S/C12H22N2O/c1-4-7-12(15,8-5-2)10-11-6-9-14(3)13-11/h6,9,15H,4-5,7-8,10H2,1-3H3. The minimum absolute atomic E-state index is 0.558.